The minimum Gasteiger partial charge on any atom is -0.355 e. The number of carbonyl (C=O) groups excluding carboxylic acids is 1. The van der Waals surface area contributed by atoms with Crippen molar-refractivity contribution in [3.63, 3.8) is 0 Å². The summed E-state index contributed by atoms with van der Waals surface area (Å²) >= 11 is 0. The minimum absolute atomic E-state index is 0.123. The number of benzene rings is 1. The van der Waals surface area contributed by atoms with E-state index in [0.717, 1.165) is 13.0 Å². The normalized spacial score (nSPS) is 16.5. The monoisotopic (exact) mass is 232 g/mol. The van der Waals surface area contributed by atoms with Gasteiger partial charge in [0.1, 0.15) is 0 Å². The highest BCUT2D eigenvalue weighted by atomic mass is 16.1. The van der Waals surface area contributed by atoms with Crippen molar-refractivity contribution in [1.82, 2.24) is 5.32 Å². The van der Waals surface area contributed by atoms with Crippen LogP contribution in [0.3, 0.4) is 0 Å². The Hall–Kier alpha value is -1.35. The van der Waals surface area contributed by atoms with Gasteiger partial charge in [-0.3, -0.25) is 4.79 Å². The Balaban J connectivity index is 1.85. The number of carbonyl (C=O) groups is 1. The fourth-order valence-electron chi connectivity index (χ4n) is 2.13. The summed E-state index contributed by atoms with van der Waals surface area (Å²) in [6.07, 6.45) is 3.66. The predicted molar refractivity (Wildman–Crippen MR) is 68.7 cm³/mol. The van der Waals surface area contributed by atoms with Crippen LogP contribution in [0.5, 0.6) is 0 Å². The van der Waals surface area contributed by atoms with E-state index in [2.05, 4.69) is 29.6 Å². The van der Waals surface area contributed by atoms with Crippen LogP contribution in [0.2, 0.25) is 0 Å². The van der Waals surface area contributed by atoms with Crippen molar-refractivity contribution >= 4 is 5.91 Å². The van der Waals surface area contributed by atoms with Crippen LogP contribution in [0.1, 0.15) is 31.2 Å². The topological polar surface area (TPSA) is 55.1 Å². The molecule has 0 spiro atoms. The van der Waals surface area contributed by atoms with Crippen LogP contribution in [0.15, 0.2) is 30.3 Å². The Kier molecular flexibility index (Phi) is 3.79. The molecule has 0 saturated heterocycles. The highest BCUT2D eigenvalue weighted by Crippen LogP contribution is 2.47. The van der Waals surface area contributed by atoms with Crippen LogP contribution in [0, 0.1) is 0 Å². The number of nitrogens with one attached hydrogen (secondary N) is 1. The summed E-state index contributed by atoms with van der Waals surface area (Å²) in [7, 11) is 0. The second-order valence-electron chi connectivity index (χ2n) is 4.82. The molecule has 0 unspecified atom stereocenters. The number of nitrogens with two attached hydrogens (primary N) is 1. The predicted octanol–water partition coefficient (Wildman–Crippen LogP) is 1.57. The van der Waals surface area contributed by atoms with Crippen LogP contribution >= 0.6 is 0 Å². The van der Waals surface area contributed by atoms with Gasteiger partial charge < -0.3 is 11.1 Å². The third kappa shape index (κ3) is 3.07. The lowest BCUT2D eigenvalue weighted by Gasteiger charge is -2.16. The zero-order valence-electron chi connectivity index (χ0n) is 10.1. The van der Waals surface area contributed by atoms with E-state index in [1.165, 1.54) is 18.4 Å². The number of amides is 1. The molecule has 92 valence electrons. The summed E-state index contributed by atoms with van der Waals surface area (Å²) in [6, 6.07) is 10.5. The van der Waals surface area contributed by atoms with E-state index in [9.17, 15) is 4.79 Å². The molecule has 0 radical (unpaired) electrons. The van der Waals surface area contributed by atoms with Crippen molar-refractivity contribution in [2.45, 2.75) is 31.1 Å². The Morgan fingerprint density at radius 3 is 2.59 bits per heavy atom. The maximum atomic E-state index is 11.5. The second-order valence-corrected chi connectivity index (χ2v) is 4.82. The first kappa shape index (κ1) is 12.1. The Morgan fingerprint density at radius 1 is 1.29 bits per heavy atom. The summed E-state index contributed by atoms with van der Waals surface area (Å²) in [5.41, 5.74) is 6.94. The quantitative estimate of drug-likeness (QED) is 0.782. The number of hydrogen-bond acceptors (Lipinski definition) is 2. The third-order valence-electron chi connectivity index (χ3n) is 3.47. The molecule has 0 aromatic heterocycles. The van der Waals surface area contributed by atoms with E-state index in [-0.39, 0.29) is 11.3 Å². The first-order valence-corrected chi connectivity index (χ1v) is 6.29. The molecule has 2 rings (SSSR count). The van der Waals surface area contributed by atoms with E-state index in [0.29, 0.717) is 13.0 Å². The SMILES string of the molecule is NCCCC(=O)NCC1(c2ccccc2)CC1. The molecule has 1 aliphatic rings. The van der Waals surface area contributed by atoms with Gasteiger partial charge in [0.2, 0.25) is 5.91 Å². The van der Waals surface area contributed by atoms with Crippen LogP contribution in [0.4, 0.5) is 0 Å². The molecule has 1 aromatic carbocycles. The number of rotatable bonds is 6. The van der Waals surface area contributed by atoms with Crippen molar-refractivity contribution in [2.24, 2.45) is 5.73 Å². The van der Waals surface area contributed by atoms with E-state index in [1.54, 1.807) is 0 Å². The largest absolute Gasteiger partial charge is 0.355 e. The average molecular weight is 232 g/mol. The molecule has 1 fully saturated rings. The Bertz CT molecular complexity index is 371. The lowest BCUT2D eigenvalue weighted by Crippen LogP contribution is -2.32. The van der Waals surface area contributed by atoms with Gasteiger partial charge in [0.25, 0.3) is 0 Å². The van der Waals surface area contributed by atoms with E-state index < -0.39 is 0 Å². The molecule has 17 heavy (non-hydrogen) atoms. The smallest absolute Gasteiger partial charge is 0.220 e. The molecule has 0 atom stereocenters. The van der Waals surface area contributed by atoms with Gasteiger partial charge in [-0.1, -0.05) is 30.3 Å². The van der Waals surface area contributed by atoms with Gasteiger partial charge in [-0.05, 0) is 31.4 Å². The van der Waals surface area contributed by atoms with E-state index in [4.69, 9.17) is 5.73 Å². The van der Waals surface area contributed by atoms with Gasteiger partial charge >= 0.3 is 0 Å². The first-order valence-electron chi connectivity index (χ1n) is 6.29. The van der Waals surface area contributed by atoms with E-state index in [1.807, 2.05) is 6.07 Å². The van der Waals surface area contributed by atoms with Gasteiger partial charge in [-0.15, -0.1) is 0 Å². The summed E-state index contributed by atoms with van der Waals surface area (Å²) in [5.74, 6) is 0.123. The third-order valence-corrected chi connectivity index (χ3v) is 3.47. The molecule has 0 heterocycles. The first-order chi connectivity index (χ1) is 8.27. The van der Waals surface area contributed by atoms with Crippen LogP contribution < -0.4 is 11.1 Å². The fourth-order valence-corrected chi connectivity index (χ4v) is 2.13. The fraction of sp³-hybridized carbons (Fsp3) is 0.500. The summed E-state index contributed by atoms with van der Waals surface area (Å²) < 4.78 is 0. The molecule has 1 aliphatic carbocycles. The van der Waals surface area contributed by atoms with Crippen molar-refractivity contribution in [1.29, 1.82) is 0 Å². The Morgan fingerprint density at radius 2 is 2.00 bits per heavy atom. The minimum atomic E-state index is 0.123. The van der Waals surface area contributed by atoms with Gasteiger partial charge in [0.05, 0.1) is 0 Å². The number of hydrogen-bond donors (Lipinski definition) is 2. The van der Waals surface area contributed by atoms with Gasteiger partial charge in [0, 0.05) is 18.4 Å². The molecule has 3 nitrogen and oxygen atoms in total. The summed E-state index contributed by atoms with van der Waals surface area (Å²) in [5, 5.41) is 3.02. The lowest BCUT2D eigenvalue weighted by molar-refractivity contribution is -0.121. The van der Waals surface area contributed by atoms with Crippen molar-refractivity contribution in [3.8, 4) is 0 Å². The molecule has 0 aliphatic heterocycles. The van der Waals surface area contributed by atoms with Crippen LogP contribution in [0.25, 0.3) is 0 Å². The summed E-state index contributed by atoms with van der Waals surface area (Å²) in [4.78, 5) is 11.5. The molecular weight excluding hydrogens is 212 g/mol. The second kappa shape index (κ2) is 5.32. The van der Waals surface area contributed by atoms with E-state index >= 15 is 0 Å². The molecule has 3 N–H and O–H groups in total. The standard InChI is InChI=1S/C14H20N2O/c15-10-4-7-13(17)16-11-14(8-9-14)12-5-2-1-3-6-12/h1-3,5-6H,4,7-11,15H2,(H,16,17). The highest BCUT2D eigenvalue weighted by Gasteiger charge is 2.44. The maximum Gasteiger partial charge on any atom is 0.220 e. The van der Waals surface area contributed by atoms with Gasteiger partial charge in [0.15, 0.2) is 0 Å². The molecular formula is C14H20N2O. The Labute approximate surface area is 102 Å². The highest BCUT2D eigenvalue weighted by molar-refractivity contribution is 5.76. The lowest BCUT2D eigenvalue weighted by atomic mass is 9.96. The van der Waals surface area contributed by atoms with Crippen molar-refractivity contribution in [2.75, 3.05) is 13.1 Å². The average Bonchev–Trinajstić information content (AvgIpc) is 3.16. The zero-order valence-corrected chi connectivity index (χ0v) is 10.1. The zero-order chi connectivity index (χ0) is 12.1. The molecule has 1 amide bonds. The molecule has 1 saturated carbocycles. The van der Waals surface area contributed by atoms with Gasteiger partial charge in [-0.2, -0.15) is 0 Å². The molecule has 0 bridgehead atoms. The van der Waals surface area contributed by atoms with Gasteiger partial charge in [-0.25, -0.2) is 0 Å². The maximum absolute atomic E-state index is 11.5. The molecule has 3 heteroatoms. The summed E-state index contributed by atoms with van der Waals surface area (Å²) in [6.45, 7) is 1.34. The van der Waals surface area contributed by atoms with Crippen molar-refractivity contribution < 1.29 is 4.79 Å². The molecule has 1 aromatic rings. The van der Waals surface area contributed by atoms with Crippen LogP contribution in [-0.4, -0.2) is 19.0 Å². The van der Waals surface area contributed by atoms with Crippen molar-refractivity contribution in [3.05, 3.63) is 35.9 Å². The van der Waals surface area contributed by atoms with Crippen LogP contribution in [-0.2, 0) is 10.2 Å².